The molecule has 0 saturated heterocycles. The minimum Gasteiger partial charge on any atom is -0.481 e. The Balaban J connectivity index is -0.00000118. The zero-order chi connectivity index (χ0) is 47.1. The number of carbonyl (C=O) groups excluding carboxylic acids is 3. The average Bonchev–Trinajstić information content (AvgIpc) is 3.23. The molecule has 360 valence electrons. The van der Waals surface area contributed by atoms with Crippen molar-refractivity contribution in [2.45, 2.75) is 167 Å². The van der Waals surface area contributed by atoms with Crippen LogP contribution in [-0.4, -0.2) is 112 Å². The predicted octanol–water partition coefficient (Wildman–Crippen LogP) is 11.0. The van der Waals surface area contributed by atoms with Crippen molar-refractivity contribution in [3.63, 3.8) is 0 Å². The molecule has 0 fully saturated rings. The van der Waals surface area contributed by atoms with Crippen LogP contribution in [-0.2, 0) is 33.6 Å². The SMILES string of the molecule is CSSC.CSSC.CSSC.C[C@@H](CCCCNC(=O)CC[C@H](NC(=O)CC[C@H](CC(=O)CCCCCCCCCCCCCCCCC(=O)O)C(=O)O)C(=O)O)C(=O)O. The first kappa shape index (κ1) is 66.2. The summed E-state index contributed by atoms with van der Waals surface area (Å²) in [6, 6.07) is -1.32. The number of aliphatic carboxylic acids is 4. The molecule has 0 aliphatic heterocycles. The Morgan fingerprint density at radius 2 is 0.852 bits per heavy atom. The van der Waals surface area contributed by atoms with Gasteiger partial charge < -0.3 is 31.1 Å². The van der Waals surface area contributed by atoms with Crippen molar-refractivity contribution in [1.82, 2.24) is 10.6 Å². The molecule has 0 aromatic carbocycles. The fraction of sp³-hybridized carbons (Fsp3) is 0.833. The fourth-order valence-corrected chi connectivity index (χ4v) is 5.53. The highest BCUT2D eigenvalue weighted by atomic mass is 33.1. The van der Waals surface area contributed by atoms with Gasteiger partial charge in [-0.3, -0.25) is 28.8 Å². The lowest BCUT2D eigenvalue weighted by molar-refractivity contribution is -0.145. The Labute approximate surface area is 391 Å². The minimum absolute atomic E-state index is 0.104. The monoisotopic (exact) mass is 980 g/mol. The number of carboxylic acid groups (broad SMARTS) is 4. The molecule has 0 aliphatic carbocycles. The normalized spacial score (nSPS) is 11.8. The van der Waals surface area contributed by atoms with E-state index < -0.39 is 53.6 Å². The van der Waals surface area contributed by atoms with Gasteiger partial charge in [-0.1, -0.05) is 155 Å². The van der Waals surface area contributed by atoms with Crippen molar-refractivity contribution in [2.75, 3.05) is 44.1 Å². The van der Waals surface area contributed by atoms with Gasteiger partial charge in [0.2, 0.25) is 11.8 Å². The van der Waals surface area contributed by atoms with Gasteiger partial charge in [-0.05, 0) is 76.1 Å². The molecule has 0 heterocycles. The van der Waals surface area contributed by atoms with E-state index in [-0.39, 0.29) is 50.7 Å². The summed E-state index contributed by atoms with van der Waals surface area (Å²) in [7, 11) is 10.6. The van der Waals surface area contributed by atoms with Gasteiger partial charge >= 0.3 is 23.9 Å². The molecule has 61 heavy (non-hydrogen) atoms. The molecule has 0 spiro atoms. The van der Waals surface area contributed by atoms with Gasteiger partial charge in [0.15, 0.2) is 0 Å². The maximum atomic E-state index is 12.4. The molecular weight excluding hydrogens is 901 g/mol. The van der Waals surface area contributed by atoms with Crippen molar-refractivity contribution in [1.29, 1.82) is 0 Å². The molecule has 0 unspecified atom stereocenters. The smallest absolute Gasteiger partial charge is 0.326 e. The summed E-state index contributed by atoms with van der Waals surface area (Å²) in [6.45, 7) is 1.94. The van der Waals surface area contributed by atoms with E-state index in [0.29, 0.717) is 32.2 Å². The van der Waals surface area contributed by atoms with Crippen LogP contribution < -0.4 is 10.6 Å². The molecule has 0 rings (SSSR count). The van der Waals surface area contributed by atoms with Crippen LogP contribution in [0.25, 0.3) is 0 Å². The zero-order valence-electron chi connectivity index (χ0n) is 38.0. The number of carbonyl (C=O) groups is 7. The fourth-order valence-electron chi connectivity index (χ4n) is 5.53. The molecule has 0 radical (unpaired) electrons. The lowest BCUT2D eigenvalue weighted by Gasteiger charge is -2.16. The van der Waals surface area contributed by atoms with Crippen LogP contribution in [0.1, 0.15) is 161 Å². The number of carboxylic acids is 4. The van der Waals surface area contributed by atoms with E-state index in [1.54, 1.807) is 71.7 Å². The summed E-state index contributed by atoms with van der Waals surface area (Å²) >= 11 is 0. The highest BCUT2D eigenvalue weighted by molar-refractivity contribution is 8.76. The minimum atomic E-state index is -1.32. The maximum Gasteiger partial charge on any atom is 0.326 e. The highest BCUT2D eigenvalue weighted by Crippen LogP contribution is 2.18. The van der Waals surface area contributed by atoms with E-state index in [4.69, 9.17) is 10.2 Å². The van der Waals surface area contributed by atoms with E-state index in [1.165, 1.54) is 38.5 Å². The van der Waals surface area contributed by atoms with Crippen molar-refractivity contribution >= 4 is 106 Å². The van der Waals surface area contributed by atoms with E-state index in [9.17, 15) is 43.8 Å². The van der Waals surface area contributed by atoms with Crippen LogP contribution in [0, 0.1) is 11.8 Å². The molecule has 2 amide bonds. The van der Waals surface area contributed by atoms with E-state index in [2.05, 4.69) is 48.2 Å². The first-order valence-electron chi connectivity index (χ1n) is 21.3. The third-order valence-electron chi connectivity index (χ3n) is 9.24. The van der Waals surface area contributed by atoms with Crippen LogP contribution in [0.2, 0.25) is 0 Å². The Bertz CT molecular complexity index is 1110. The molecule has 0 aliphatic rings. The van der Waals surface area contributed by atoms with Crippen molar-refractivity contribution in [3.8, 4) is 0 Å². The van der Waals surface area contributed by atoms with Crippen molar-refractivity contribution < 1.29 is 54.0 Å². The Kier molecular flexibility index (Phi) is 55.6. The molecule has 19 heteroatoms. The molecular formula is C42H80N2O11S6. The number of unbranched alkanes of at least 4 members (excludes halogenated alkanes) is 14. The molecule has 6 N–H and O–H groups in total. The van der Waals surface area contributed by atoms with Gasteiger partial charge in [-0.25, -0.2) is 4.79 Å². The number of ketones is 1. The van der Waals surface area contributed by atoms with Gasteiger partial charge in [-0.2, -0.15) is 0 Å². The second-order valence-electron chi connectivity index (χ2n) is 14.2. The number of Topliss-reactive ketones (excluding diaryl/α,β-unsaturated/α-hetero) is 1. The lowest BCUT2D eigenvalue weighted by Crippen LogP contribution is -2.41. The second-order valence-corrected chi connectivity index (χ2v) is 22.2. The topological polar surface area (TPSA) is 224 Å². The van der Waals surface area contributed by atoms with Gasteiger partial charge in [0.05, 0.1) is 11.8 Å². The van der Waals surface area contributed by atoms with Gasteiger partial charge in [0.1, 0.15) is 11.8 Å². The van der Waals surface area contributed by atoms with Crippen LogP contribution in [0.15, 0.2) is 0 Å². The first-order valence-corrected chi connectivity index (χ1v) is 30.2. The lowest BCUT2D eigenvalue weighted by atomic mass is 9.94. The van der Waals surface area contributed by atoms with Crippen LogP contribution >= 0.6 is 64.8 Å². The van der Waals surface area contributed by atoms with Crippen LogP contribution in [0.4, 0.5) is 0 Å². The summed E-state index contributed by atoms with van der Waals surface area (Å²) in [5, 5.41) is 41.5. The van der Waals surface area contributed by atoms with Gasteiger partial charge in [0.25, 0.3) is 0 Å². The predicted molar refractivity (Wildman–Crippen MR) is 265 cm³/mol. The third kappa shape index (κ3) is 54.7. The summed E-state index contributed by atoms with van der Waals surface area (Å²) in [5.74, 6) is -6.82. The number of hydrogen-bond donors (Lipinski definition) is 6. The molecule has 0 saturated carbocycles. The van der Waals surface area contributed by atoms with Gasteiger partial charge in [-0.15, -0.1) is 0 Å². The maximum absolute atomic E-state index is 12.4. The Morgan fingerprint density at radius 1 is 0.443 bits per heavy atom. The number of amides is 2. The molecule has 13 nitrogen and oxygen atoms in total. The van der Waals surface area contributed by atoms with E-state index in [1.807, 2.05) is 0 Å². The van der Waals surface area contributed by atoms with Crippen molar-refractivity contribution in [3.05, 3.63) is 0 Å². The van der Waals surface area contributed by atoms with Gasteiger partial charge in [0, 0.05) is 38.6 Å². The van der Waals surface area contributed by atoms with E-state index in [0.717, 1.165) is 44.9 Å². The van der Waals surface area contributed by atoms with Crippen molar-refractivity contribution in [2.24, 2.45) is 11.8 Å². The summed E-state index contributed by atoms with van der Waals surface area (Å²) < 4.78 is 0. The van der Waals surface area contributed by atoms with Crippen LogP contribution in [0.3, 0.4) is 0 Å². The number of rotatable bonds is 37. The molecule has 0 bridgehead atoms. The first-order chi connectivity index (χ1) is 29.1. The number of nitrogens with one attached hydrogen (secondary N) is 2. The summed E-state index contributed by atoms with van der Waals surface area (Å²) in [4.78, 5) is 81.5. The Hall–Kier alpha value is -1.41. The zero-order valence-corrected chi connectivity index (χ0v) is 42.9. The summed E-state index contributed by atoms with van der Waals surface area (Å²) in [5.41, 5.74) is 0. The molecule has 0 aromatic rings. The van der Waals surface area contributed by atoms with Crippen LogP contribution in [0.5, 0.6) is 0 Å². The summed E-state index contributed by atoms with van der Waals surface area (Å²) in [6.07, 6.45) is 28.7. The molecule has 0 aromatic heterocycles. The highest BCUT2D eigenvalue weighted by Gasteiger charge is 2.25. The average molecular weight is 982 g/mol. The van der Waals surface area contributed by atoms with E-state index >= 15 is 0 Å². The quantitative estimate of drug-likeness (QED) is 0.0251. The standard InChI is InChI=1S/C36H62N2O11.3C2H6S2/c1-27(34(44)45)18-16-17-25-37-31(40)24-22-30(36(48)49)38-32(41)23-21-28(35(46)47)26-29(39)19-14-12-10-8-6-4-2-3-5-7-9-11-13-15-20-33(42)43;3*1-3-4-2/h27-28,30H,2-26H2,1H3,(H,37,40)(H,38,41)(H,42,43)(H,44,45)(H,46,47)(H,48,49);3*1-2H3/t27-,28+,30-;;;/m0.../s1. The second kappa shape index (κ2) is 51.2. The Morgan fingerprint density at radius 3 is 1.23 bits per heavy atom. The third-order valence-corrected chi connectivity index (χ3v) is 13.2. The largest absolute Gasteiger partial charge is 0.481 e. The number of hydrogen-bond acceptors (Lipinski definition) is 13. The molecule has 3 atom stereocenters.